The van der Waals surface area contributed by atoms with E-state index >= 15 is 0 Å². The molecule has 3 heterocycles. The van der Waals surface area contributed by atoms with Crippen LogP contribution >= 0.6 is 11.3 Å². The highest BCUT2D eigenvalue weighted by molar-refractivity contribution is 7.13. The van der Waals surface area contributed by atoms with Crippen molar-refractivity contribution in [3.8, 4) is 0 Å². The maximum atomic E-state index is 11.2. The van der Waals surface area contributed by atoms with Gasteiger partial charge in [0.05, 0.1) is 0 Å². The van der Waals surface area contributed by atoms with Gasteiger partial charge in [0.2, 0.25) is 0 Å². The minimum absolute atomic E-state index is 0.197. The normalized spacial score (nSPS) is 26.7. The number of aliphatic hydroxyl groups is 1. The van der Waals surface area contributed by atoms with Crippen molar-refractivity contribution in [1.82, 2.24) is 14.8 Å². The number of carbonyl (C=O) groups is 1. The van der Waals surface area contributed by atoms with E-state index < -0.39 is 5.91 Å². The highest BCUT2D eigenvalue weighted by atomic mass is 32.1. The molecule has 24 heavy (non-hydrogen) atoms. The quantitative estimate of drug-likeness (QED) is 0.770. The van der Waals surface area contributed by atoms with Gasteiger partial charge in [0, 0.05) is 50.6 Å². The Morgan fingerprint density at radius 1 is 1.33 bits per heavy atom. The van der Waals surface area contributed by atoms with Crippen molar-refractivity contribution in [1.29, 1.82) is 0 Å². The summed E-state index contributed by atoms with van der Waals surface area (Å²) in [5.74, 6) is 0.201. The second-order valence-electron chi connectivity index (χ2n) is 6.94. The monoisotopic (exact) mass is 353 g/mol. The summed E-state index contributed by atoms with van der Waals surface area (Å²) in [6, 6.07) is 0. The van der Waals surface area contributed by atoms with Crippen LogP contribution in [0.15, 0.2) is 5.38 Å². The van der Waals surface area contributed by atoms with Gasteiger partial charge in [-0.1, -0.05) is 0 Å². The summed E-state index contributed by atoms with van der Waals surface area (Å²) in [6.07, 6.45) is 1.20. The van der Waals surface area contributed by atoms with Crippen molar-refractivity contribution >= 4 is 22.4 Å². The number of likely N-dealkylation sites (N-methyl/N-ethyl adjacent to an activating group) is 1. The first-order chi connectivity index (χ1) is 11.6. The molecule has 2 fully saturated rings. The van der Waals surface area contributed by atoms with Gasteiger partial charge in [-0.05, 0) is 32.5 Å². The standard InChI is InChI=1S/C16H27N5O2S/c1-19-3-2-4-20(6-5-19)7-12-8-21(9-13(12)10-22)16-18-14(11-24-16)15(17)23/h11-13,22H,2-10H2,1H3,(H2,17,23)/t12-,13-/m1/s1. The lowest BCUT2D eigenvalue weighted by molar-refractivity contribution is 0.0996. The summed E-state index contributed by atoms with van der Waals surface area (Å²) < 4.78 is 0. The zero-order chi connectivity index (χ0) is 17.1. The zero-order valence-electron chi connectivity index (χ0n) is 14.2. The maximum absolute atomic E-state index is 11.2. The Kier molecular flexibility index (Phi) is 5.70. The molecule has 0 saturated carbocycles. The predicted molar refractivity (Wildman–Crippen MR) is 95.5 cm³/mol. The first-order valence-corrected chi connectivity index (χ1v) is 9.47. The second kappa shape index (κ2) is 7.77. The van der Waals surface area contributed by atoms with E-state index in [1.807, 2.05) is 0 Å². The van der Waals surface area contributed by atoms with Crippen molar-refractivity contribution in [2.24, 2.45) is 17.6 Å². The molecule has 7 nitrogen and oxygen atoms in total. The van der Waals surface area contributed by atoms with Crippen molar-refractivity contribution in [3.05, 3.63) is 11.1 Å². The number of thiazole rings is 1. The van der Waals surface area contributed by atoms with Crippen LogP contribution in [-0.2, 0) is 0 Å². The molecule has 1 aromatic heterocycles. The van der Waals surface area contributed by atoms with Crippen LogP contribution in [0.3, 0.4) is 0 Å². The molecule has 2 atom stereocenters. The summed E-state index contributed by atoms with van der Waals surface area (Å²) in [5.41, 5.74) is 5.62. The fourth-order valence-corrected chi connectivity index (χ4v) is 4.48. The highest BCUT2D eigenvalue weighted by Gasteiger charge is 2.35. The number of hydrogen-bond donors (Lipinski definition) is 2. The minimum atomic E-state index is -0.486. The Labute approximate surface area is 147 Å². The topological polar surface area (TPSA) is 85.9 Å². The van der Waals surface area contributed by atoms with Crippen LogP contribution < -0.4 is 10.6 Å². The lowest BCUT2D eigenvalue weighted by Crippen LogP contribution is -2.36. The molecule has 1 aromatic rings. The molecule has 2 aliphatic heterocycles. The van der Waals surface area contributed by atoms with Crippen LogP contribution in [0.5, 0.6) is 0 Å². The van der Waals surface area contributed by atoms with E-state index in [1.165, 1.54) is 17.8 Å². The van der Waals surface area contributed by atoms with Crippen LogP contribution in [0.2, 0.25) is 0 Å². The molecular formula is C16H27N5O2S. The number of aromatic nitrogens is 1. The third kappa shape index (κ3) is 4.05. The fraction of sp³-hybridized carbons (Fsp3) is 0.750. The molecule has 1 amide bonds. The Morgan fingerprint density at radius 3 is 2.83 bits per heavy atom. The van der Waals surface area contributed by atoms with Gasteiger partial charge in [0.25, 0.3) is 5.91 Å². The number of anilines is 1. The molecular weight excluding hydrogens is 326 g/mol. The van der Waals surface area contributed by atoms with Crippen molar-refractivity contribution in [2.45, 2.75) is 6.42 Å². The predicted octanol–water partition coefficient (Wildman–Crippen LogP) is -0.0758. The average molecular weight is 353 g/mol. The van der Waals surface area contributed by atoms with Crippen LogP contribution in [0.4, 0.5) is 5.13 Å². The Bertz CT molecular complexity index is 566. The Balaban J connectivity index is 1.62. The van der Waals surface area contributed by atoms with Crippen molar-refractivity contribution < 1.29 is 9.90 Å². The number of amides is 1. The number of rotatable bonds is 5. The molecule has 0 bridgehead atoms. The van der Waals surface area contributed by atoms with Crippen LogP contribution in [0.25, 0.3) is 0 Å². The van der Waals surface area contributed by atoms with Gasteiger partial charge in [0.15, 0.2) is 5.13 Å². The minimum Gasteiger partial charge on any atom is -0.396 e. The zero-order valence-corrected chi connectivity index (χ0v) is 15.0. The van der Waals surface area contributed by atoms with Crippen LogP contribution in [-0.4, -0.2) is 85.3 Å². The van der Waals surface area contributed by atoms with E-state index in [-0.39, 0.29) is 12.5 Å². The molecule has 134 valence electrons. The number of aliphatic hydroxyl groups excluding tert-OH is 1. The van der Waals surface area contributed by atoms with Gasteiger partial charge >= 0.3 is 0 Å². The molecule has 2 saturated heterocycles. The third-order valence-electron chi connectivity index (χ3n) is 5.13. The van der Waals surface area contributed by atoms with Crippen molar-refractivity contribution in [2.75, 3.05) is 64.4 Å². The molecule has 0 unspecified atom stereocenters. The molecule has 3 rings (SSSR count). The van der Waals surface area contributed by atoms with Gasteiger partial charge < -0.3 is 25.5 Å². The van der Waals surface area contributed by atoms with Gasteiger partial charge in [-0.2, -0.15) is 0 Å². The molecule has 0 aromatic carbocycles. The summed E-state index contributed by atoms with van der Waals surface area (Å²) in [6.45, 7) is 7.37. The van der Waals surface area contributed by atoms with E-state index in [0.717, 1.165) is 50.9 Å². The van der Waals surface area contributed by atoms with E-state index in [2.05, 4.69) is 26.7 Å². The van der Waals surface area contributed by atoms with E-state index in [1.54, 1.807) is 5.38 Å². The number of hydrogen-bond acceptors (Lipinski definition) is 7. The first kappa shape index (κ1) is 17.6. The number of nitrogens with zero attached hydrogens (tertiary/aromatic N) is 4. The largest absolute Gasteiger partial charge is 0.396 e. The van der Waals surface area contributed by atoms with Crippen LogP contribution in [0.1, 0.15) is 16.9 Å². The molecule has 3 N–H and O–H groups in total. The smallest absolute Gasteiger partial charge is 0.268 e. The van der Waals surface area contributed by atoms with E-state index in [4.69, 9.17) is 5.73 Å². The summed E-state index contributed by atoms with van der Waals surface area (Å²) in [5, 5.41) is 12.3. The molecule has 2 aliphatic rings. The molecule has 0 radical (unpaired) electrons. The Hall–Kier alpha value is -1.22. The number of nitrogens with two attached hydrogens (primary N) is 1. The van der Waals surface area contributed by atoms with Gasteiger partial charge in [0.1, 0.15) is 5.69 Å². The maximum Gasteiger partial charge on any atom is 0.268 e. The SMILES string of the molecule is CN1CCCN(C[C@@H]2CN(c3nc(C(N)=O)cs3)C[C@@H]2CO)CC1. The van der Waals surface area contributed by atoms with Gasteiger partial charge in [-0.25, -0.2) is 4.98 Å². The summed E-state index contributed by atoms with van der Waals surface area (Å²) in [4.78, 5) is 22.7. The number of carbonyl (C=O) groups excluding carboxylic acids is 1. The lowest BCUT2D eigenvalue weighted by Gasteiger charge is -2.26. The van der Waals surface area contributed by atoms with E-state index in [9.17, 15) is 9.90 Å². The molecule has 0 aliphatic carbocycles. The van der Waals surface area contributed by atoms with Gasteiger partial charge in [-0.3, -0.25) is 4.79 Å². The summed E-state index contributed by atoms with van der Waals surface area (Å²) in [7, 11) is 2.18. The lowest BCUT2D eigenvalue weighted by atomic mass is 9.96. The fourth-order valence-electron chi connectivity index (χ4n) is 3.65. The number of primary amides is 1. The van der Waals surface area contributed by atoms with Gasteiger partial charge in [-0.15, -0.1) is 11.3 Å². The summed E-state index contributed by atoms with van der Waals surface area (Å²) >= 11 is 1.45. The Morgan fingerprint density at radius 2 is 2.12 bits per heavy atom. The van der Waals surface area contributed by atoms with Crippen molar-refractivity contribution in [3.63, 3.8) is 0 Å². The second-order valence-corrected chi connectivity index (χ2v) is 7.78. The van der Waals surface area contributed by atoms with E-state index in [0.29, 0.717) is 11.6 Å². The molecule has 0 spiro atoms. The van der Waals surface area contributed by atoms with Crippen LogP contribution in [0, 0.1) is 11.8 Å². The highest BCUT2D eigenvalue weighted by Crippen LogP contribution is 2.31. The molecule has 8 heteroatoms. The third-order valence-corrected chi connectivity index (χ3v) is 6.03. The first-order valence-electron chi connectivity index (χ1n) is 8.59. The average Bonchev–Trinajstić information content (AvgIpc) is 3.14.